The number of nitrogens with one attached hydrogen (secondary N) is 1. The summed E-state index contributed by atoms with van der Waals surface area (Å²) >= 11 is 0. The molecule has 0 spiro atoms. The van der Waals surface area contributed by atoms with Crippen molar-refractivity contribution in [3.63, 3.8) is 0 Å². The van der Waals surface area contributed by atoms with E-state index in [2.05, 4.69) is 5.32 Å². The molecule has 0 aromatic rings. The second kappa shape index (κ2) is 16.8. The second-order valence-corrected chi connectivity index (χ2v) is 6.67. The maximum atomic E-state index is 14.1. The van der Waals surface area contributed by atoms with Gasteiger partial charge in [0.1, 0.15) is 12.8 Å². The lowest BCUT2D eigenvalue weighted by atomic mass is 10.0. The zero-order chi connectivity index (χ0) is 21.3. The monoisotopic (exact) mass is 409 g/mol. The van der Waals surface area contributed by atoms with E-state index >= 15 is 0 Å². The van der Waals surface area contributed by atoms with Crippen molar-refractivity contribution in [2.45, 2.75) is 45.9 Å². The highest BCUT2D eigenvalue weighted by Crippen LogP contribution is 2.17. The topological polar surface area (TPSA) is 92.3 Å². The number of alkyl halides is 1. The van der Waals surface area contributed by atoms with Gasteiger partial charge in [-0.2, -0.15) is 0 Å². The van der Waals surface area contributed by atoms with Crippen LogP contribution in [0.1, 0.15) is 34.1 Å². The molecule has 0 radical (unpaired) electrons. The maximum Gasteiger partial charge on any atom is 0.219 e. The van der Waals surface area contributed by atoms with E-state index < -0.39 is 11.8 Å². The van der Waals surface area contributed by atoms with Crippen LogP contribution in [0.25, 0.3) is 0 Å². The number of amides is 1. The van der Waals surface area contributed by atoms with Crippen LogP contribution in [-0.4, -0.2) is 89.5 Å². The molecule has 8 nitrogen and oxygen atoms in total. The van der Waals surface area contributed by atoms with Crippen molar-refractivity contribution in [3.05, 3.63) is 0 Å². The standard InChI is InChI=1S/C19H36FNO7/c1-5-18(23)21-14-17(20)19(3,4)28-13-12-26-9-8-24-6-7-25-10-11-27-15-16(2)22/h17H,5-15H2,1-4H3,(H,21,23). The molecule has 1 amide bonds. The van der Waals surface area contributed by atoms with Crippen LogP contribution in [0.15, 0.2) is 0 Å². The molecule has 0 aliphatic carbocycles. The summed E-state index contributed by atoms with van der Waals surface area (Å²) in [5.41, 5.74) is -1.01. The van der Waals surface area contributed by atoms with E-state index in [1.807, 2.05) is 0 Å². The van der Waals surface area contributed by atoms with Crippen molar-refractivity contribution in [1.29, 1.82) is 0 Å². The van der Waals surface area contributed by atoms with E-state index in [1.54, 1.807) is 20.8 Å². The third-order valence-corrected chi connectivity index (χ3v) is 3.68. The number of ketones is 1. The van der Waals surface area contributed by atoms with Crippen LogP contribution in [0, 0.1) is 0 Å². The summed E-state index contributed by atoms with van der Waals surface area (Å²) in [7, 11) is 0. The number of hydrogen-bond acceptors (Lipinski definition) is 7. The van der Waals surface area contributed by atoms with Crippen molar-refractivity contribution in [2.75, 3.05) is 66.0 Å². The summed E-state index contributed by atoms with van der Waals surface area (Å²) in [5.74, 6) is -0.198. The van der Waals surface area contributed by atoms with Crippen molar-refractivity contribution in [1.82, 2.24) is 5.32 Å². The predicted molar refractivity (Wildman–Crippen MR) is 102 cm³/mol. The van der Waals surface area contributed by atoms with Gasteiger partial charge in [0.05, 0.1) is 65.0 Å². The van der Waals surface area contributed by atoms with Gasteiger partial charge in [-0.3, -0.25) is 9.59 Å². The lowest BCUT2D eigenvalue weighted by Gasteiger charge is -2.29. The Morgan fingerprint density at radius 1 is 0.893 bits per heavy atom. The number of halogens is 1. The smallest absolute Gasteiger partial charge is 0.219 e. The van der Waals surface area contributed by atoms with Gasteiger partial charge in [0, 0.05) is 6.42 Å². The molecule has 0 aliphatic rings. The average molecular weight is 409 g/mol. The molecule has 0 rings (SSSR count). The third kappa shape index (κ3) is 15.9. The Kier molecular flexibility index (Phi) is 16.1. The Bertz CT molecular complexity index is 421. The minimum atomic E-state index is -1.31. The van der Waals surface area contributed by atoms with Crippen LogP contribution in [0.4, 0.5) is 4.39 Å². The fourth-order valence-corrected chi connectivity index (χ4v) is 1.90. The Morgan fingerprint density at radius 2 is 1.36 bits per heavy atom. The molecule has 0 fully saturated rings. The van der Waals surface area contributed by atoms with Crippen molar-refractivity contribution in [3.8, 4) is 0 Å². The molecule has 1 unspecified atom stereocenters. The molecule has 166 valence electrons. The molecule has 0 heterocycles. The van der Waals surface area contributed by atoms with Gasteiger partial charge in [-0.05, 0) is 20.8 Å². The zero-order valence-electron chi connectivity index (χ0n) is 17.6. The highest BCUT2D eigenvalue weighted by Gasteiger charge is 2.30. The fraction of sp³-hybridized carbons (Fsp3) is 0.895. The molecule has 0 saturated heterocycles. The fourth-order valence-electron chi connectivity index (χ4n) is 1.90. The van der Waals surface area contributed by atoms with Crippen LogP contribution in [-0.2, 0) is 33.3 Å². The van der Waals surface area contributed by atoms with Gasteiger partial charge in [0.15, 0.2) is 5.78 Å². The molecule has 0 aliphatic heterocycles. The minimum Gasteiger partial charge on any atom is -0.377 e. The minimum absolute atomic E-state index is 0.0118. The van der Waals surface area contributed by atoms with Crippen molar-refractivity contribution in [2.24, 2.45) is 0 Å². The summed E-state index contributed by atoms with van der Waals surface area (Å²) in [6.45, 7) is 9.57. The van der Waals surface area contributed by atoms with Crippen molar-refractivity contribution < 1.29 is 37.7 Å². The van der Waals surface area contributed by atoms with E-state index in [0.717, 1.165) is 0 Å². The van der Waals surface area contributed by atoms with Crippen LogP contribution in [0.2, 0.25) is 0 Å². The first-order valence-electron chi connectivity index (χ1n) is 9.64. The molecule has 0 saturated carbocycles. The Hall–Kier alpha value is -1.13. The molecule has 0 aromatic heterocycles. The largest absolute Gasteiger partial charge is 0.377 e. The van der Waals surface area contributed by atoms with Crippen LogP contribution in [0.5, 0.6) is 0 Å². The highest BCUT2D eigenvalue weighted by molar-refractivity contribution is 5.76. The van der Waals surface area contributed by atoms with E-state index in [4.69, 9.17) is 23.7 Å². The van der Waals surface area contributed by atoms with Gasteiger partial charge in [-0.25, -0.2) is 4.39 Å². The number of Topliss-reactive ketones (excluding diaryl/α,β-unsaturated/α-hetero) is 1. The Labute approximate surface area is 167 Å². The molecule has 28 heavy (non-hydrogen) atoms. The summed E-state index contributed by atoms with van der Waals surface area (Å²) in [5, 5.41) is 2.52. The number of hydrogen-bond donors (Lipinski definition) is 1. The SMILES string of the molecule is CCC(=O)NCC(F)C(C)(C)OCCOCCOCCOCCOCC(C)=O. The molecule has 0 aromatic carbocycles. The molecule has 0 bridgehead atoms. The molecule has 1 N–H and O–H groups in total. The average Bonchev–Trinajstić information content (AvgIpc) is 2.65. The first-order valence-corrected chi connectivity index (χ1v) is 9.64. The van der Waals surface area contributed by atoms with E-state index in [-0.39, 0.29) is 31.4 Å². The normalized spacial score (nSPS) is 12.8. The number of carbonyl (C=O) groups excluding carboxylic acids is 2. The van der Waals surface area contributed by atoms with Crippen LogP contribution in [0.3, 0.4) is 0 Å². The Morgan fingerprint density at radius 3 is 1.82 bits per heavy atom. The van der Waals surface area contributed by atoms with Crippen LogP contribution < -0.4 is 5.32 Å². The van der Waals surface area contributed by atoms with E-state index in [9.17, 15) is 14.0 Å². The van der Waals surface area contributed by atoms with Gasteiger partial charge >= 0.3 is 0 Å². The van der Waals surface area contributed by atoms with E-state index in [1.165, 1.54) is 6.92 Å². The van der Waals surface area contributed by atoms with Gasteiger partial charge in [0.2, 0.25) is 5.91 Å². The zero-order valence-corrected chi connectivity index (χ0v) is 17.6. The summed E-state index contributed by atoms with van der Waals surface area (Å²) in [4.78, 5) is 21.8. The van der Waals surface area contributed by atoms with Gasteiger partial charge in [-0.1, -0.05) is 6.92 Å². The summed E-state index contributed by atoms with van der Waals surface area (Å²) in [6.07, 6.45) is -0.981. The molecular formula is C19H36FNO7. The molecule has 9 heteroatoms. The number of rotatable bonds is 19. The second-order valence-electron chi connectivity index (χ2n) is 6.67. The quantitative estimate of drug-likeness (QED) is 0.322. The maximum absolute atomic E-state index is 14.1. The third-order valence-electron chi connectivity index (χ3n) is 3.68. The Balaban J connectivity index is 3.46. The first-order chi connectivity index (χ1) is 13.3. The van der Waals surface area contributed by atoms with Crippen molar-refractivity contribution >= 4 is 11.7 Å². The number of ether oxygens (including phenoxy) is 5. The highest BCUT2D eigenvalue weighted by atomic mass is 19.1. The lowest BCUT2D eigenvalue weighted by Crippen LogP contribution is -2.44. The molecule has 1 atom stereocenters. The summed E-state index contributed by atoms with van der Waals surface area (Å²) in [6, 6.07) is 0. The van der Waals surface area contributed by atoms with Gasteiger partial charge < -0.3 is 29.0 Å². The molecular weight excluding hydrogens is 373 g/mol. The number of carbonyl (C=O) groups is 2. The van der Waals surface area contributed by atoms with Gasteiger partial charge in [-0.15, -0.1) is 0 Å². The predicted octanol–water partition coefficient (Wildman–Crippen LogP) is 1.30. The van der Waals surface area contributed by atoms with Gasteiger partial charge in [0.25, 0.3) is 0 Å². The first kappa shape index (κ1) is 26.9. The van der Waals surface area contributed by atoms with Crippen LogP contribution >= 0.6 is 0 Å². The summed E-state index contributed by atoms with van der Waals surface area (Å²) < 4.78 is 40.7. The van der Waals surface area contributed by atoms with E-state index in [0.29, 0.717) is 52.7 Å². The lowest BCUT2D eigenvalue weighted by molar-refractivity contribution is -0.123.